The van der Waals surface area contributed by atoms with E-state index in [9.17, 15) is 0 Å². The number of fused-ring (bicyclic) bond motifs is 1. The summed E-state index contributed by atoms with van der Waals surface area (Å²) < 4.78 is 5.64. The first-order valence-corrected chi connectivity index (χ1v) is 5.51. The molecular weight excluding hydrogens is 186 g/mol. The number of anilines is 1. The van der Waals surface area contributed by atoms with Crippen molar-refractivity contribution < 1.29 is 4.74 Å². The van der Waals surface area contributed by atoms with Crippen LogP contribution in [0.25, 0.3) is 0 Å². The summed E-state index contributed by atoms with van der Waals surface area (Å²) in [6, 6.07) is 6.81. The molecule has 2 heteroatoms. The Morgan fingerprint density at radius 1 is 1.33 bits per heavy atom. The summed E-state index contributed by atoms with van der Waals surface area (Å²) in [5.41, 5.74) is 2.66. The van der Waals surface area contributed by atoms with E-state index in [0.29, 0.717) is 6.04 Å². The van der Waals surface area contributed by atoms with Crippen LogP contribution in [0.4, 0.5) is 5.69 Å². The maximum absolute atomic E-state index is 5.64. The SMILES string of the molecule is C[C@@H]1COc2ccc(C(C)(C)C)cc2N1. The van der Waals surface area contributed by atoms with Gasteiger partial charge in [0.15, 0.2) is 0 Å². The first-order valence-electron chi connectivity index (χ1n) is 5.51. The molecule has 0 saturated carbocycles. The molecule has 1 atom stereocenters. The quantitative estimate of drug-likeness (QED) is 0.702. The van der Waals surface area contributed by atoms with Crippen LogP contribution in [0.15, 0.2) is 18.2 Å². The van der Waals surface area contributed by atoms with Crippen molar-refractivity contribution in [2.75, 3.05) is 11.9 Å². The molecule has 82 valence electrons. The van der Waals surface area contributed by atoms with Gasteiger partial charge in [-0.3, -0.25) is 0 Å². The minimum Gasteiger partial charge on any atom is -0.489 e. The first kappa shape index (κ1) is 10.3. The van der Waals surface area contributed by atoms with Crippen molar-refractivity contribution in [3.63, 3.8) is 0 Å². The van der Waals surface area contributed by atoms with Crippen LogP contribution < -0.4 is 10.1 Å². The topological polar surface area (TPSA) is 21.3 Å². The average molecular weight is 205 g/mol. The zero-order valence-corrected chi connectivity index (χ0v) is 9.92. The molecule has 1 aliphatic heterocycles. The van der Waals surface area contributed by atoms with Gasteiger partial charge in [-0.15, -0.1) is 0 Å². The minimum atomic E-state index is 0.192. The van der Waals surface area contributed by atoms with E-state index >= 15 is 0 Å². The molecule has 0 saturated heterocycles. The second-order valence-corrected chi connectivity index (χ2v) is 5.32. The van der Waals surface area contributed by atoms with Crippen molar-refractivity contribution in [2.45, 2.75) is 39.2 Å². The Bertz CT molecular complexity index is 365. The summed E-state index contributed by atoms with van der Waals surface area (Å²) in [6.07, 6.45) is 0. The Hall–Kier alpha value is -1.18. The Balaban J connectivity index is 2.37. The zero-order chi connectivity index (χ0) is 11.1. The lowest BCUT2D eigenvalue weighted by Crippen LogP contribution is -2.28. The normalized spacial score (nSPS) is 20.1. The predicted molar refractivity (Wildman–Crippen MR) is 63.7 cm³/mol. The Morgan fingerprint density at radius 2 is 2.07 bits per heavy atom. The molecule has 1 aliphatic rings. The van der Waals surface area contributed by atoms with Gasteiger partial charge in [0.25, 0.3) is 0 Å². The van der Waals surface area contributed by atoms with Gasteiger partial charge in [-0.05, 0) is 30.0 Å². The second-order valence-electron chi connectivity index (χ2n) is 5.32. The van der Waals surface area contributed by atoms with E-state index in [1.54, 1.807) is 0 Å². The number of ether oxygens (including phenoxy) is 1. The average Bonchev–Trinajstić information content (AvgIpc) is 2.15. The summed E-state index contributed by atoms with van der Waals surface area (Å²) in [6.45, 7) is 9.56. The van der Waals surface area contributed by atoms with Crippen LogP contribution in [0, 0.1) is 0 Å². The number of hydrogen-bond donors (Lipinski definition) is 1. The predicted octanol–water partition coefficient (Wildman–Crippen LogP) is 3.18. The maximum atomic E-state index is 5.64. The molecule has 2 nitrogen and oxygen atoms in total. The van der Waals surface area contributed by atoms with Gasteiger partial charge in [-0.1, -0.05) is 26.8 Å². The Kier molecular flexibility index (Phi) is 2.37. The van der Waals surface area contributed by atoms with E-state index in [1.165, 1.54) is 5.56 Å². The zero-order valence-electron chi connectivity index (χ0n) is 9.92. The molecule has 0 radical (unpaired) electrons. The third-order valence-corrected chi connectivity index (χ3v) is 2.74. The van der Waals surface area contributed by atoms with E-state index in [0.717, 1.165) is 18.0 Å². The lowest BCUT2D eigenvalue weighted by Gasteiger charge is -2.27. The van der Waals surface area contributed by atoms with Gasteiger partial charge >= 0.3 is 0 Å². The summed E-state index contributed by atoms with van der Waals surface area (Å²) in [7, 11) is 0. The molecule has 0 bridgehead atoms. The summed E-state index contributed by atoms with van der Waals surface area (Å²) in [5, 5.41) is 3.45. The largest absolute Gasteiger partial charge is 0.489 e. The third kappa shape index (κ3) is 2.09. The molecule has 0 aromatic heterocycles. The van der Waals surface area contributed by atoms with Crippen LogP contribution in [0.2, 0.25) is 0 Å². The van der Waals surface area contributed by atoms with Crippen LogP contribution in [0.5, 0.6) is 5.75 Å². The van der Waals surface area contributed by atoms with Crippen molar-refractivity contribution in [2.24, 2.45) is 0 Å². The Labute approximate surface area is 91.6 Å². The van der Waals surface area contributed by atoms with E-state index < -0.39 is 0 Å². The summed E-state index contributed by atoms with van der Waals surface area (Å²) in [5.74, 6) is 0.973. The van der Waals surface area contributed by atoms with Crippen molar-refractivity contribution in [1.82, 2.24) is 0 Å². The number of nitrogens with one attached hydrogen (secondary N) is 1. The van der Waals surface area contributed by atoms with Gasteiger partial charge in [-0.2, -0.15) is 0 Å². The highest BCUT2D eigenvalue weighted by atomic mass is 16.5. The second kappa shape index (κ2) is 3.44. The van der Waals surface area contributed by atoms with Crippen LogP contribution in [0.1, 0.15) is 33.3 Å². The van der Waals surface area contributed by atoms with E-state index in [-0.39, 0.29) is 5.41 Å². The molecule has 0 aliphatic carbocycles. The van der Waals surface area contributed by atoms with Crippen molar-refractivity contribution in [3.8, 4) is 5.75 Å². The van der Waals surface area contributed by atoms with Gasteiger partial charge in [0, 0.05) is 0 Å². The molecule has 1 aromatic rings. The standard InChI is InChI=1S/C13H19NO/c1-9-8-15-12-6-5-10(13(2,3)4)7-11(12)14-9/h5-7,9,14H,8H2,1-4H3/t9-/m1/s1. The van der Waals surface area contributed by atoms with E-state index in [4.69, 9.17) is 4.74 Å². The highest BCUT2D eigenvalue weighted by molar-refractivity contribution is 5.60. The molecule has 15 heavy (non-hydrogen) atoms. The van der Waals surface area contributed by atoms with Crippen LogP contribution in [-0.2, 0) is 5.41 Å². The molecule has 1 N–H and O–H groups in total. The van der Waals surface area contributed by atoms with Gasteiger partial charge < -0.3 is 10.1 Å². The van der Waals surface area contributed by atoms with Crippen LogP contribution >= 0.6 is 0 Å². The monoisotopic (exact) mass is 205 g/mol. The van der Waals surface area contributed by atoms with Crippen LogP contribution in [0.3, 0.4) is 0 Å². The molecule has 2 rings (SSSR count). The number of rotatable bonds is 0. The molecule has 0 unspecified atom stereocenters. The highest BCUT2D eigenvalue weighted by Crippen LogP contribution is 2.33. The van der Waals surface area contributed by atoms with Gasteiger partial charge in [-0.25, -0.2) is 0 Å². The van der Waals surface area contributed by atoms with E-state index in [2.05, 4.69) is 51.2 Å². The van der Waals surface area contributed by atoms with Crippen molar-refractivity contribution >= 4 is 5.69 Å². The minimum absolute atomic E-state index is 0.192. The van der Waals surface area contributed by atoms with Crippen molar-refractivity contribution in [3.05, 3.63) is 23.8 Å². The van der Waals surface area contributed by atoms with Gasteiger partial charge in [0.1, 0.15) is 12.4 Å². The van der Waals surface area contributed by atoms with Crippen molar-refractivity contribution in [1.29, 1.82) is 0 Å². The fourth-order valence-electron chi connectivity index (χ4n) is 1.76. The number of hydrogen-bond acceptors (Lipinski definition) is 2. The lowest BCUT2D eigenvalue weighted by atomic mass is 9.86. The van der Waals surface area contributed by atoms with Gasteiger partial charge in [0.05, 0.1) is 11.7 Å². The third-order valence-electron chi connectivity index (χ3n) is 2.74. The molecule has 0 spiro atoms. The van der Waals surface area contributed by atoms with Gasteiger partial charge in [0.2, 0.25) is 0 Å². The molecule has 1 aromatic carbocycles. The lowest BCUT2D eigenvalue weighted by molar-refractivity contribution is 0.291. The molecular formula is C13H19NO. The fraction of sp³-hybridized carbons (Fsp3) is 0.538. The summed E-state index contributed by atoms with van der Waals surface area (Å²) >= 11 is 0. The highest BCUT2D eigenvalue weighted by Gasteiger charge is 2.19. The summed E-state index contributed by atoms with van der Waals surface area (Å²) in [4.78, 5) is 0. The number of benzene rings is 1. The molecule has 0 amide bonds. The Morgan fingerprint density at radius 3 is 2.73 bits per heavy atom. The van der Waals surface area contributed by atoms with E-state index in [1.807, 2.05) is 0 Å². The maximum Gasteiger partial charge on any atom is 0.142 e. The fourth-order valence-corrected chi connectivity index (χ4v) is 1.76. The smallest absolute Gasteiger partial charge is 0.142 e. The van der Waals surface area contributed by atoms with Crippen LogP contribution in [-0.4, -0.2) is 12.6 Å². The molecule has 0 fully saturated rings. The molecule has 1 heterocycles. The first-order chi connectivity index (χ1) is 6.97.